The Morgan fingerprint density at radius 1 is 1.08 bits per heavy atom. The number of methoxy groups -OCH3 is 1. The van der Waals surface area contributed by atoms with Crippen molar-refractivity contribution in [3.05, 3.63) is 77.0 Å². The van der Waals surface area contributed by atoms with Crippen molar-refractivity contribution in [1.29, 1.82) is 0 Å². The maximum atomic E-state index is 12.1. The van der Waals surface area contributed by atoms with Crippen molar-refractivity contribution in [2.75, 3.05) is 7.11 Å². The zero-order valence-electron chi connectivity index (χ0n) is 14.6. The van der Waals surface area contributed by atoms with Gasteiger partial charge in [0, 0.05) is 5.70 Å². The second-order valence-corrected chi connectivity index (χ2v) is 5.91. The van der Waals surface area contributed by atoms with Gasteiger partial charge in [-0.05, 0) is 30.2 Å². The molecule has 0 fully saturated rings. The van der Waals surface area contributed by atoms with Gasteiger partial charge in [-0.2, -0.15) is 0 Å². The van der Waals surface area contributed by atoms with Crippen LogP contribution in [0.1, 0.15) is 24.1 Å². The summed E-state index contributed by atoms with van der Waals surface area (Å²) in [4.78, 5) is 23.9. The molecule has 2 aromatic carbocycles. The Morgan fingerprint density at radius 2 is 1.77 bits per heavy atom. The van der Waals surface area contributed by atoms with Crippen LogP contribution in [0.15, 0.2) is 65.9 Å². The van der Waals surface area contributed by atoms with Crippen molar-refractivity contribution in [3.8, 4) is 5.75 Å². The average molecular weight is 352 g/mol. The molecule has 0 saturated heterocycles. The van der Waals surface area contributed by atoms with E-state index in [4.69, 9.17) is 9.47 Å². The number of benzene rings is 2. The highest BCUT2D eigenvalue weighted by atomic mass is 16.5. The minimum atomic E-state index is -0.570. The number of allylic oxidation sites excluding steroid dienone is 1. The van der Waals surface area contributed by atoms with E-state index in [2.05, 4.69) is 10.6 Å². The van der Waals surface area contributed by atoms with Gasteiger partial charge < -0.3 is 20.1 Å². The van der Waals surface area contributed by atoms with E-state index in [1.165, 1.54) is 7.11 Å². The number of ether oxygens (including phenoxy) is 2. The Morgan fingerprint density at radius 3 is 2.42 bits per heavy atom. The lowest BCUT2D eigenvalue weighted by Crippen LogP contribution is -2.45. The van der Waals surface area contributed by atoms with Crippen LogP contribution in [-0.4, -0.2) is 19.1 Å². The Hall–Kier alpha value is -3.28. The lowest BCUT2D eigenvalue weighted by atomic mass is 9.95. The first kappa shape index (κ1) is 17.5. The Kier molecular flexibility index (Phi) is 5.22. The van der Waals surface area contributed by atoms with Gasteiger partial charge >= 0.3 is 12.0 Å². The Bertz CT molecular complexity index is 829. The number of hydrogen-bond donors (Lipinski definition) is 2. The molecular weight excluding hydrogens is 332 g/mol. The summed E-state index contributed by atoms with van der Waals surface area (Å²) in [5, 5.41) is 5.35. The van der Waals surface area contributed by atoms with Crippen LogP contribution < -0.4 is 15.4 Å². The summed E-state index contributed by atoms with van der Waals surface area (Å²) in [5.74, 6) is 0.225. The number of amides is 2. The standard InChI is InChI=1S/C20H20N2O4/c1-13-17(19(23)25-2)18(22-20(24)21-13)15-8-10-16(11-9-15)26-12-14-6-4-3-5-7-14/h3-11,18H,12H2,1-2H3,(H2,21,22,24)/t18-/m1/s1. The normalized spacial score (nSPS) is 16.5. The van der Waals surface area contributed by atoms with E-state index in [1.54, 1.807) is 6.92 Å². The predicted octanol–water partition coefficient (Wildman–Crippen LogP) is 3.07. The topological polar surface area (TPSA) is 76.7 Å². The van der Waals surface area contributed by atoms with Crippen molar-refractivity contribution < 1.29 is 19.1 Å². The van der Waals surface area contributed by atoms with Crippen LogP contribution in [0.4, 0.5) is 4.79 Å². The van der Waals surface area contributed by atoms with Crippen LogP contribution in [-0.2, 0) is 16.1 Å². The third kappa shape index (κ3) is 3.85. The van der Waals surface area contributed by atoms with E-state index >= 15 is 0 Å². The molecule has 6 nitrogen and oxygen atoms in total. The van der Waals surface area contributed by atoms with Crippen molar-refractivity contribution in [3.63, 3.8) is 0 Å². The molecule has 2 amide bonds. The molecule has 1 aliphatic rings. The molecule has 2 aromatic rings. The van der Waals surface area contributed by atoms with Crippen molar-refractivity contribution in [2.24, 2.45) is 0 Å². The molecule has 26 heavy (non-hydrogen) atoms. The van der Waals surface area contributed by atoms with Gasteiger partial charge in [0.25, 0.3) is 0 Å². The molecule has 0 aliphatic carbocycles. The number of carbonyl (C=O) groups excluding carboxylic acids is 2. The molecule has 1 heterocycles. The van der Waals surface area contributed by atoms with Gasteiger partial charge in [0.2, 0.25) is 0 Å². The van der Waals surface area contributed by atoms with Gasteiger partial charge in [0.15, 0.2) is 0 Å². The first-order valence-corrected chi connectivity index (χ1v) is 8.22. The van der Waals surface area contributed by atoms with Gasteiger partial charge in [-0.25, -0.2) is 9.59 Å². The zero-order chi connectivity index (χ0) is 18.5. The van der Waals surface area contributed by atoms with Crippen LogP contribution >= 0.6 is 0 Å². The summed E-state index contributed by atoms with van der Waals surface area (Å²) in [6.45, 7) is 2.14. The summed E-state index contributed by atoms with van der Waals surface area (Å²) < 4.78 is 10.6. The number of rotatable bonds is 5. The highest BCUT2D eigenvalue weighted by Crippen LogP contribution is 2.28. The fourth-order valence-corrected chi connectivity index (χ4v) is 2.82. The minimum absolute atomic E-state index is 0.357. The lowest BCUT2D eigenvalue weighted by Gasteiger charge is -2.27. The predicted molar refractivity (Wildman–Crippen MR) is 96.3 cm³/mol. The fourth-order valence-electron chi connectivity index (χ4n) is 2.82. The summed E-state index contributed by atoms with van der Waals surface area (Å²) >= 11 is 0. The van der Waals surface area contributed by atoms with Crippen molar-refractivity contribution in [1.82, 2.24) is 10.6 Å². The summed E-state index contributed by atoms with van der Waals surface area (Å²) in [7, 11) is 1.32. The monoisotopic (exact) mass is 352 g/mol. The number of carbonyl (C=O) groups is 2. The molecular formula is C20H20N2O4. The molecule has 2 N–H and O–H groups in total. The maximum absolute atomic E-state index is 12.1. The van der Waals surface area contributed by atoms with E-state index < -0.39 is 12.0 Å². The van der Waals surface area contributed by atoms with E-state index in [0.29, 0.717) is 23.6 Å². The van der Waals surface area contributed by atoms with Gasteiger partial charge in [-0.15, -0.1) is 0 Å². The first-order chi connectivity index (χ1) is 12.6. The van der Waals surface area contributed by atoms with E-state index in [9.17, 15) is 9.59 Å². The molecule has 1 aliphatic heterocycles. The number of urea groups is 1. The molecule has 3 rings (SSSR count). The molecule has 0 spiro atoms. The zero-order valence-corrected chi connectivity index (χ0v) is 14.6. The van der Waals surface area contributed by atoms with Crippen LogP contribution in [0, 0.1) is 0 Å². The van der Waals surface area contributed by atoms with E-state index in [0.717, 1.165) is 11.1 Å². The lowest BCUT2D eigenvalue weighted by molar-refractivity contribution is -0.136. The number of nitrogens with one attached hydrogen (secondary N) is 2. The van der Waals surface area contributed by atoms with Crippen LogP contribution in [0.5, 0.6) is 5.75 Å². The van der Waals surface area contributed by atoms with E-state index in [1.807, 2.05) is 54.6 Å². The smallest absolute Gasteiger partial charge is 0.337 e. The van der Waals surface area contributed by atoms with Crippen LogP contribution in [0.2, 0.25) is 0 Å². The molecule has 6 heteroatoms. The van der Waals surface area contributed by atoms with Crippen molar-refractivity contribution in [2.45, 2.75) is 19.6 Å². The quantitative estimate of drug-likeness (QED) is 0.811. The highest BCUT2D eigenvalue weighted by Gasteiger charge is 2.31. The largest absolute Gasteiger partial charge is 0.489 e. The van der Waals surface area contributed by atoms with Gasteiger partial charge in [-0.1, -0.05) is 42.5 Å². The second-order valence-electron chi connectivity index (χ2n) is 5.91. The van der Waals surface area contributed by atoms with Crippen LogP contribution in [0.25, 0.3) is 0 Å². The summed E-state index contributed by atoms with van der Waals surface area (Å²) in [6, 6.07) is 16.2. The second kappa shape index (κ2) is 7.74. The summed E-state index contributed by atoms with van der Waals surface area (Å²) in [6.07, 6.45) is 0. The van der Waals surface area contributed by atoms with Gasteiger partial charge in [0.05, 0.1) is 18.7 Å². The molecule has 0 unspecified atom stereocenters. The molecule has 0 saturated carbocycles. The molecule has 1 atom stereocenters. The molecule has 134 valence electrons. The van der Waals surface area contributed by atoms with Crippen molar-refractivity contribution >= 4 is 12.0 Å². The molecule has 0 radical (unpaired) electrons. The minimum Gasteiger partial charge on any atom is -0.489 e. The summed E-state index contributed by atoms with van der Waals surface area (Å²) in [5.41, 5.74) is 2.71. The van der Waals surface area contributed by atoms with Gasteiger partial charge in [-0.3, -0.25) is 0 Å². The number of esters is 1. The highest BCUT2D eigenvalue weighted by molar-refractivity contribution is 5.94. The average Bonchev–Trinajstić information content (AvgIpc) is 2.66. The third-order valence-corrected chi connectivity index (χ3v) is 4.14. The molecule has 0 bridgehead atoms. The maximum Gasteiger partial charge on any atom is 0.337 e. The molecule has 0 aromatic heterocycles. The first-order valence-electron chi connectivity index (χ1n) is 8.22. The Balaban J connectivity index is 1.77. The van der Waals surface area contributed by atoms with E-state index in [-0.39, 0.29) is 6.03 Å². The van der Waals surface area contributed by atoms with Gasteiger partial charge in [0.1, 0.15) is 12.4 Å². The Labute approximate surface area is 151 Å². The van der Waals surface area contributed by atoms with Crippen LogP contribution in [0.3, 0.4) is 0 Å². The fraction of sp³-hybridized carbons (Fsp3) is 0.200. The third-order valence-electron chi connectivity index (χ3n) is 4.14. The number of hydrogen-bond acceptors (Lipinski definition) is 4. The SMILES string of the molecule is COC(=O)C1=C(C)NC(=O)N[C@@H]1c1ccc(OCc2ccccc2)cc1.